The molecule has 8 amide bonds. The van der Waals surface area contributed by atoms with Gasteiger partial charge in [-0.2, -0.15) is 0 Å². The van der Waals surface area contributed by atoms with Crippen LogP contribution in [0.3, 0.4) is 0 Å². The third kappa shape index (κ3) is 23.2. The number of halogens is 1. The number of para-hydroxylation sites is 2. The molecule has 0 aliphatic heterocycles. The van der Waals surface area contributed by atoms with Crippen molar-refractivity contribution in [2.45, 2.75) is 135 Å². The van der Waals surface area contributed by atoms with Gasteiger partial charge in [-0.25, -0.2) is 4.79 Å². The normalized spacial score (nSPS) is 14.1. The smallest absolute Gasteiger partial charge is 0.315 e. The Bertz CT molecular complexity index is 3700. The van der Waals surface area contributed by atoms with Crippen LogP contribution in [0.4, 0.5) is 4.79 Å². The first-order valence-electron chi connectivity index (χ1n) is 31.4. The summed E-state index contributed by atoms with van der Waals surface area (Å²) in [6.07, 6.45) is -0.310. The van der Waals surface area contributed by atoms with E-state index in [9.17, 15) is 63.0 Å². The van der Waals surface area contributed by atoms with Gasteiger partial charge in [-0.15, -0.1) is 0 Å². The maximum Gasteiger partial charge on any atom is 0.315 e. The third-order valence-electron chi connectivity index (χ3n) is 16.3. The summed E-state index contributed by atoms with van der Waals surface area (Å²) >= 11 is 6.18. The van der Waals surface area contributed by atoms with E-state index in [1.807, 2.05) is 50.2 Å². The molecular formula is C68H86ClN13O13. The molecule has 17 N–H and O–H groups in total. The van der Waals surface area contributed by atoms with Crippen LogP contribution in [-0.2, 0) is 73.6 Å². The molecule has 0 spiro atoms. The highest BCUT2D eigenvalue weighted by molar-refractivity contribution is 6.30. The second kappa shape index (κ2) is 35.9. The summed E-state index contributed by atoms with van der Waals surface area (Å²) < 4.78 is 0. The number of aromatic amines is 2. The highest BCUT2D eigenvalue weighted by atomic mass is 35.5. The number of aliphatic hydroxyl groups excluding tert-OH is 1. The van der Waals surface area contributed by atoms with Gasteiger partial charge in [0.15, 0.2) is 29.1 Å². The Morgan fingerprint density at radius 3 is 1.64 bits per heavy atom. The Hall–Kier alpha value is -9.95. The number of carbonyl (C=O) groups is 11. The van der Waals surface area contributed by atoms with Crippen molar-refractivity contribution in [3.63, 3.8) is 0 Å². The van der Waals surface area contributed by atoms with Gasteiger partial charge >= 0.3 is 6.03 Å². The lowest BCUT2D eigenvalue weighted by atomic mass is 9.88. The van der Waals surface area contributed by atoms with E-state index in [1.54, 1.807) is 68.0 Å². The van der Waals surface area contributed by atoms with Gasteiger partial charge in [-0.05, 0) is 110 Å². The number of benzene rings is 4. The number of nitrogens with one attached hydrogen (secondary N) is 11. The first-order valence-corrected chi connectivity index (χ1v) is 31.8. The van der Waals surface area contributed by atoms with Gasteiger partial charge in [0.2, 0.25) is 35.4 Å². The Kier molecular flexibility index (Phi) is 28.0. The minimum Gasteiger partial charge on any atom is -0.508 e. The largest absolute Gasteiger partial charge is 0.508 e. The zero-order chi connectivity index (χ0) is 69.5. The number of H-pyrrole nitrogens is 2. The average Bonchev–Trinajstić information content (AvgIpc) is 1.79. The summed E-state index contributed by atoms with van der Waals surface area (Å²) in [7, 11) is 1.56. The fraction of sp³-hybridized carbons (Fsp3) is 0.412. The Morgan fingerprint density at radius 2 is 1.08 bits per heavy atom. The van der Waals surface area contributed by atoms with E-state index in [0.29, 0.717) is 28.1 Å². The highest BCUT2D eigenvalue weighted by Crippen LogP contribution is 2.26. The summed E-state index contributed by atoms with van der Waals surface area (Å²) in [5, 5.41) is 52.1. The van der Waals surface area contributed by atoms with Gasteiger partial charge in [-0.1, -0.05) is 86.1 Å². The van der Waals surface area contributed by atoms with Gasteiger partial charge < -0.3 is 74.2 Å². The lowest BCUT2D eigenvalue weighted by Crippen LogP contribution is -2.53. The topological polar surface area (TPSA) is 432 Å². The van der Waals surface area contributed by atoms with Gasteiger partial charge in [0.25, 0.3) is 0 Å². The molecule has 0 radical (unpaired) electrons. The number of aromatic hydroxyl groups is 1. The quantitative estimate of drug-likeness (QED) is 0.0150. The number of carbonyl (C=O) groups excluding carboxylic acids is 11. The number of hydrogen-bond acceptors (Lipinski definition) is 14. The standard InChI is InChI=1S/C68H86ClN13O13/c1-37(2)25-53(58(86)30-42(11-10-24-74-67(72)73-5)64(92)81-57(63(71)91)29-45-35-76-52-15-9-7-13-49(45)52)82-68(95)77-36-61(89)55(27-40-16-20-46(69)21-17-40)80-66(94)50(38(3)83)32-60(88)56(33-62(70)90)79-65(93)43(28-44-34-75-51-14-8-6-12-48(44)51)31-59(87)54(78-39(4)84)26-41-18-22-47(85)23-19-41/h6-9,12-23,34-35,37-38,42-43,50,53-57,75-76,83,85H,10-11,24-33,36H2,1-5H3,(H2,70,90)(H2,71,91)(H,78,84)(H,79,93)(H,80,94)(H,81,92)(H3,72,73,74)(H2,77,82,95)/t38-,42-,43+,50+,53+,54-,55+,56+,57+/m1/s1. The predicted molar refractivity (Wildman–Crippen MR) is 357 cm³/mol. The van der Waals surface area contributed by atoms with E-state index >= 15 is 0 Å². The molecule has 0 bridgehead atoms. The number of phenolic OH excluding ortho intramolecular Hbond substituents is 1. The second-order valence-electron chi connectivity index (χ2n) is 24.3. The maximum atomic E-state index is 14.6. The number of nitrogens with two attached hydrogens (primary N) is 2. The Balaban J connectivity index is 1.17. The van der Waals surface area contributed by atoms with Crippen LogP contribution in [-0.4, -0.2) is 147 Å². The number of rotatable bonds is 38. The molecule has 6 aromatic rings. The number of amides is 8. The fourth-order valence-corrected chi connectivity index (χ4v) is 11.3. The van der Waals surface area contributed by atoms with Gasteiger partial charge in [0, 0.05) is 97.3 Å². The summed E-state index contributed by atoms with van der Waals surface area (Å²) in [6.45, 7) is 5.60. The maximum absolute atomic E-state index is 14.6. The van der Waals surface area contributed by atoms with Gasteiger partial charge in [0.05, 0.1) is 49.2 Å². The van der Waals surface area contributed by atoms with E-state index in [1.165, 1.54) is 26.0 Å². The molecule has 0 saturated carbocycles. The zero-order valence-corrected chi connectivity index (χ0v) is 54.5. The molecule has 0 aliphatic rings. The molecule has 0 saturated heterocycles. The lowest BCUT2D eigenvalue weighted by molar-refractivity contribution is -0.137. The number of phenols is 1. The fourth-order valence-electron chi connectivity index (χ4n) is 11.2. The molecule has 508 valence electrons. The van der Waals surface area contributed by atoms with Crippen LogP contribution in [0.2, 0.25) is 5.02 Å². The van der Waals surface area contributed by atoms with Crippen LogP contribution < -0.4 is 54.0 Å². The van der Waals surface area contributed by atoms with Crippen molar-refractivity contribution >= 4 is 104 Å². The van der Waals surface area contributed by atoms with Crippen molar-refractivity contribution < 1.29 is 63.0 Å². The molecule has 2 aromatic heterocycles. The summed E-state index contributed by atoms with van der Waals surface area (Å²) in [5.74, 6) is -11.7. The van der Waals surface area contributed by atoms with Crippen molar-refractivity contribution in [1.82, 2.24) is 52.5 Å². The van der Waals surface area contributed by atoms with E-state index in [2.05, 4.69) is 52.5 Å². The molecule has 0 fully saturated rings. The molecular weight excluding hydrogens is 1240 g/mol. The first-order chi connectivity index (χ1) is 45.2. The van der Waals surface area contributed by atoms with Crippen LogP contribution in [0.5, 0.6) is 5.75 Å². The van der Waals surface area contributed by atoms with Crippen LogP contribution in [0.25, 0.3) is 21.8 Å². The minimum atomic E-state index is -1.70. The number of aliphatic hydroxyl groups is 1. The molecule has 26 nitrogen and oxygen atoms in total. The van der Waals surface area contributed by atoms with E-state index in [4.69, 9.17) is 28.5 Å². The number of Topliss-reactive ketones (excluding diaryl/α,β-unsaturated/α-hetero) is 4. The van der Waals surface area contributed by atoms with Crippen LogP contribution in [0, 0.1) is 29.1 Å². The molecule has 4 aromatic carbocycles. The lowest BCUT2D eigenvalue weighted by Gasteiger charge is -2.26. The molecule has 95 heavy (non-hydrogen) atoms. The molecule has 9 atom stereocenters. The van der Waals surface area contributed by atoms with E-state index < -0.39 is 144 Å². The molecule has 27 heteroatoms. The third-order valence-corrected chi connectivity index (χ3v) is 16.5. The number of primary amides is 2. The van der Waals surface area contributed by atoms with Gasteiger partial charge in [-0.3, -0.25) is 53.4 Å². The SMILES string of the molecule is CNC(=N)NCCC[C@H](CC(=O)[C@H](CC(C)C)NC(=O)NCC(=O)[C@H](Cc1ccc(Cl)cc1)NC(=O)[C@@H](CC(=O)[C@H](CC(N)=O)NC(=O)[C@H](CC(=O)[C@@H](Cc1ccc(O)cc1)NC(C)=O)Cc1c[nH]c2ccccc12)[C@@H](C)O)C(=O)N[C@@H](Cc1c[nH]c2ccccc12)C(N)=O. The number of fused-ring (bicyclic) bond motifs is 2. The zero-order valence-electron chi connectivity index (χ0n) is 53.8. The second-order valence-corrected chi connectivity index (χ2v) is 24.7. The number of aromatic nitrogens is 2. The van der Waals surface area contributed by atoms with Gasteiger partial charge in [0.1, 0.15) is 11.8 Å². The molecule has 0 unspecified atom stereocenters. The summed E-state index contributed by atoms with van der Waals surface area (Å²) in [4.78, 5) is 158. The average molecular weight is 1330 g/mol. The van der Waals surface area contributed by atoms with Crippen molar-refractivity contribution in [2.24, 2.45) is 35.1 Å². The number of urea groups is 1. The Morgan fingerprint density at radius 1 is 0.568 bits per heavy atom. The summed E-state index contributed by atoms with van der Waals surface area (Å²) in [6, 6.07) is 19.3. The van der Waals surface area contributed by atoms with E-state index in [-0.39, 0.29) is 69.1 Å². The van der Waals surface area contributed by atoms with E-state index in [0.717, 1.165) is 27.4 Å². The molecule has 0 aliphatic carbocycles. The monoisotopic (exact) mass is 1330 g/mol. The van der Waals surface area contributed by atoms with Crippen molar-refractivity contribution in [3.8, 4) is 5.75 Å². The number of hydrogen-bond donors (Lipinski definition) is 15. The highest BCUT2D eigenvalue weighted by Gasteiger charge is 2.37. The number of ketones is 4. The van der Waals surface area contributed by atoms with Crippen molar-refractivity contribution in [1.29, 1.82) is 5.41 Å². The molecule has 2 heterocycles. The van der Waals surface area contributed by atoms with Crippen LogP contribution in [0.15, 0.2) is 109 Å². The van der Waals surface area contributed by atoms with Crippen molar-refractivity contribution in [2.75, 3.05) is 20.1 Å². The first kappa shape index (κ1) is 74.1. The Labute approximate surface area is 554 Å². The minimum absolute atomic E-state index is 0.0000277. The van der Waals surface area contributed by atoms with Crippen LogP contribution in [0.1, 0.15) is 94.9 Å². The predicted octanol–water partition coefficient (Wildman–Crippen LogP) is 3.51. The summed E-state index contributed by atoms with van der Waals surface area (Å²) in [5.41, 5.74) is 15.4. The molecule has 6 rings (SSSR count). The van der Waals surface area contributed by atoms with Crippen molar-refractivity contribution in [3.05, 3.63) is 137 Å². The van der Waals surface area contributed by atoms with Crippen LogP contribution >= 0.6 is 11.6 Å². The number of guanidine groups is 1.